The zero-order chi connectivity index (χ0) is 27.0. The van der Waals surface area contributed by atoms with E-state index in [2.05, 4.69) is 30.2 Å². The molecule has 0 aliphatic rings. The second-order valence-corrected chi connectivity index (χ2v) is 11.4. The molecule has 0 saturated carbocycles. The van der Waals surface area contributed by atoms with Crippen molar-refractivity contribution in [3.63, 3.8) is 0 Å². The van der Waals surface area contributed by atoms with Gasteiger partial charge in [0.25, 0.3) is 0 Å². The Balaban J connectivity index is 3.44. The summed E-state index contributed by atoms with van der Waals surface area (Å²) >= 11 is 4.33. The predicted molar refractivity (Wildman–Crippen MR) is 145 cm³/mol. The zero-order valence-electron chi connectivity index (χ0n) is 22.9. The number of amides is 3. The van der Waals surface area contributed by atoms with Crippen molar-refractivity contribution >= 4 is 30.5 Å². The second kappa shape index (κ2) is 13.2. The lowest BCUT2D eigenvalue weighted by Crippen LogP contribution is -2.59. The monoisotopic (exact) mass is 507 g/mol. The Labute approximate surface area is 217 Å². The minimum Gasteiger partial charge on any atom is -0.444 e. The second-order valence-electron chi connectivity index (χ2n) is 11.0. The molecular weight excluding hydrogens is 462 g/mol. The molecule has 198 valence electrons. The van der Waals surface area contributed by atoms with Crippen LogP contribution in [0.5, 0.6) is 0 Å². The van der Waals surface area contributed by atoms with Crippen LogP contribution in [0.25, 0.3) is 0 Å². The minimum atomic E-state index is -0.964. The minimum absolute atomic E-state index is 0.0580. The van der Waals surface area contributed by atoms with Crippen LogP contribution in [0, 0.1) is 13.8 Å². The van der Waals surface area contributed by atoms with Crippen LogP contribution in [0.15, 0.2) is 18.2 Å². The van der Waals surface area contributed by atoms with Gasteiger partial charge in [-0.1, -0.05) is 38.0 Å². The van der Waals surface area contributed by atoms with Gasteiger partial charge in [-0.2, -0.15) is 12.6 Å². The molecule has 7 nitrogen and oxygen atoms in total. The first kappa shape index (κ1) is 30.8. The van der Waals surface area contributed by atoms with Gasteiger partial charge in [-0.3, -0.25) is 9.59 Å². The summed E-state index contributed by atoms with van der Waals surface area (Å²) in [5.41, 5.74) is 1.42. The highest BCUT2D eigenvalue weighted by Gasteiger charge is 2.41. The molecule has 2 unspecified atom stereocenters. The Morgan fingerprint density at radius 2 is 1.66 bits per heavy atom. The van der Waals surface area contributed by atoms with Gasteiger partial charge in [0.05, 0.1) is 0 Å². The Morgan fingerprint density at radius 3 is 2.14 bits per heavy atom. The molecule has 0 bridgehead atoms. The first-order chi connectivity index (χ1) is 16.1. The molecule has 0 fully saturated rings. The number of aryl methyl sites for hydroxylation is 2. The highest BCUT2D eigenvalue weighted by atomic mass is 32.1. The maximum atomic E-state index is 13.9. The van der Waals surface area contributed by atoms with Gasteiger partial charge in [0.2, 0.25) is 11.8 Å². The fourth-order valence-electron chi connectivity index (χ4n) is 3.68. The number of ether oxygens (including phenoxy) is 1. The molecule has 2 atom stereocenters. The molecule has 0 spiro atoms. The molecular formula is C27H45N3O4S. The van der Waals surface area contributed by atoms with E-state index in [0.29, 0.717) is 6.54 Å². The molecule has 3 amide bonds. The standard InChI is InChI=1S/C27H45N3O4S/c1-10-11-12-15-28-23(31)22(20-14-13-18(2)19(3)16-20)30(26(4,5)6)24(32)21(17-35)29-25(33)34-27(7,8)9/h13-14,16,21-22,35H,10-12,15,17H2,1-9H3,(H,28,31)(H,29,33). The van der Waals surface area contributed by atoms with E-state index in [0.717, 1.165) is 36.0 Å². The summed E-state index contributed by atoms with van der Waals surface area (Å²) in [6.45, 7) is 17.5. The Morgan fingerprint density at radius 1 is 1.03 bits per heavy atom. The van der Waals surface area contributed by atoms with Crippen LogP contribution in [0.1, 0.15) is 90.5 Å². The number of carbonyl (C=O) groups excluding carboxylic acids is 3. The molecule has 0 radical (unpaired) electrons. The third-order valence-electron chi connectivity index (χ3n) is 5.56. The SMILES string of the molecule is CCCCCNC(=O)C(c1ccc(C)c(C)c1)N(C(=O)C(CS)NC(=O)OC(C)(C)C)C(C)(C)C. The summed E-state index contributed by atoms with van der Waals surface area (Å²) < 4.78 is 5.35. The van der Waals surface area contributed by atoms with Gasteiger partial charge in [-0.05, 0) is 78.5 Å². The van der Waals surface area contributed by atoms with Crippen LogP contribution in [0.2, 0.25) is 0 Å². The van der Waals surface area contributed by atoms with Gasteiger partial charge < -0.3 is 20.3 Å². The fraction of sp³-hybridized carbons (Fsp3) is 0.667. The van der Waals surface area contributed by atoms with E-state index in [1.165, 1.54) is 0 Å². The Bertz CT molecular complexity index is 874. The van der Waals surface area contributed by atoms with E-state index in [1.807, 2.05) is 52.8 Å². The van der Waals surface area contributed by atoms with Crippen molar-refractivity contribution in [1.82, 2.24) is 15.5 Å². The number of rotatable bonds is 10. The normalized spacial score (nSPS) is 13.5. The van der Waals surface area contributed by atoms with Gasteiger partial charge in [0, 0.05) is 17.8 Å². The molecule has 1 aromatic rings. The lowest BCUT2D eigenvalue weighted by atomic mass is 9.93. The van der Waals surface area contributed by atoms with Gasteiger partial charge in [-0.15, -0.1) is 0 Å². The highest BCUT2D eigenvalue weighted by molar-refractivity contribution is 7.80. The number of hydrogen-bond donors (Lipinski definition) is 3. The number of benzene rings is 1. The van der Waals surface area contributed by atoms with Crippen LogP contribution in [-0.2, 0) is 14.3 Å². The molecule has 35 heavy (non-hydrogen) atoms. The van der Waals surface area contributed by atoms with E-state index in [1.54, 1.807) is 25.7 Å². The maximum Gasteiger partial charge on any atom is 0.408 e. The predicted octanol–water partition coefficient (Wildman–Crippen LogP) is 5.10. The number of alkyl carbamates (subject to hydrolysis) is 1. The summed E-state index contributed by atoms with van der Waals surface area (Å²) in [4.78, 5) is 41.5. The molecule has 0 aliphatic heterocycles. The van der Waals surface area contributed by atoms with Gasteiger partial charge in [0.15, 0.2) is 0 Å². The van der Waals surface area contributed by atoms with E-state index >= 15 is 0 Å². The number of nitrogens with zero attached hydrogens (tertiary/aromatic N) is 1. The zero-order valence-corrected chi connectivity index (χ0v) is 23.8. The average molecular weight is 508 g/mol. The Kier molecular flexibility index (Phi) is 11.6. The topological polar surface area (TPSA) is 87.7 Å². The number of thiol groups is 1. The van der Waals surface area contributed by atoms with E-state index < -0.39 is 35.2 Å². The van der Waals surface area contributed by atoms with Crippen molar-refractivity contribution in [2.24, 2.45) is 0 Å². The third-order valence-corrected chi connectivity index (χ3v) is 5.93. The quantitative estimate of drug-likeness (QED) is 0.304. The van der Waals surface area contributed by atoms with Crippen LogP contribution in [0.3, 0.4) is 0 Å². The molecule has 0 aliphatic carbocycles. The molecule has 8 heteroatoms. The van der Waals surface area contributed by atoms with E-state index in [-0.39, 0.29) is 11.7 Å². The molecule has 1 rings (SSSR count). The maximum absolute atomic E-state index is 13.9. The van der Waals surface area contributed by atoms with Gasteiger partial charge in [0.1, 0.15) is 17.7 Å². The van der Waals surface area contributed by atoms with Gasteiger partial charge in [-0.25, -0.2) is 4.79 Å². The molecule has 1 aromatic carbocycles. The van der Waals surface area contributed by atoms with Crippen molar-refractivity contribution in [2.75, 3.05) is 12.3 Å². The lowest BCUT2D eigenvalue weighted by molar-refractivity contribution is -0.148. The van der Waals surface area contributed by atoms with Crippen molar-refractivity contribution in [2.45, 2.75) is 105 Å². The van der Waals surface area contributed by atoms with Crippen LogP contribution in [-0.4, -0.2) is 52.3 Å². The van der Waals surface area contributed by atoms with E-state index in [9.17, 15) is 14.4 Å². The van der Waals surface area contributed by atoms with E-state index in [4.69, 9.17) is 4.74 Å². The largest absolute Gasteiger partial charge is 0.444 e. The molecule has 0 saturated heterocycles. The van der Waals surface area contributed by atoms with Crippen LogP contribution < -0.4 is 10.6 Å². The third kappa shape index (κ3) is 9.74. The Hall–Kier alpha value is -2.22. The molecule has 0 heterocycles. The van der Waals surface area contributed by atoms with Gasteiger partial charge >= 0.3 is 6.09 Å². The lowest BCUT2D eigenvalue weighted by Gasteiger charge is -2.43. The summed E-state index contributed by atoms with van der Waals surface area (Å²) in [6, 6.07) is 3.97. The summed E-state index contributed by atoms with van der Waals surface area (Å²) in [7, 11) is 0. The summed E-state index contributed by atoms with van der Waals surface area (Å²) in [6.07, 6.45) is 2.22. The number of nitrogens with one attached hydrogen (secondary N) is 2. The van der Waals surface area contributed by atoms with Crippen LogP contribution >= 0.6 is 12.6 Å². The smallest absolute Gasteiger partial charge is 0.408 e. The number of unbranched alkanes of at least 4 members (excludes halogenated alkanes) is 2. The molecule has 0 aromatic heterocycles. The highest BCUT2D eigenvalue weighted by Crippen LogP contribution is 2.31. The number of hydrogen-bond acceptors (Lipinski definition) is 5. The number of carbonyl (C=O) groups is 3. The van der Waals surface area contributed by atoms with Crippen molar-refractivity contribution in [1.29, 1.82) is 0 Å². The first-order valence-electron chi connectivity index (χ1n) is 12.4. The van der Waals surface area contributed by atoms with Crippen molar-refractivity contribution in [3.8, 4) is 0 Å². The fourth-order valence-corrected chi connectivity index (χ4v) is 3.93. The summed E-state index contributed by atoms with van der Waals surface area (Å²) in [5, 5.41) is 5.66. The van der Waals surface area contributed by atoms with Crippen LogP contribution in [0.4, 0.5) is 4.79 Å². The summed E-state index contributed by atoms with van der Waals surface area (Å²) in [5.74, 6) is -0.587. The first-order valence-corrected chi connectivity index (χ1v) is 13.0. The van der Waals surface area contributed by atoms with Crippen molar-refractivity contribution in [3.05, 3.63) is 34.9 Å². The van der Waals surface area contributed by atoms with Crippen molar-refractivity contribution < 1.29 is 19.1 Å². The molecule has 2 N–H and O–H groups in total. The average Bonchev–Trinajstić information content (AvgIpc) is 2.72.